The smallest absolute Gasteiger partial charge is 0.305 e. The van der Waals surface area contributed by atoms with Gasteiger partial charge in [0.05, 0.1) is 12.0 Å². The highest BCUT2D eigenvalue weighted by atomic mass is 19.1. The number of piperazine rings is 1. The van der Waals surface area contributed by atoms with Crippen LogP contribution in [0.2, 0.25) is 0 Å². The quantitative estimate of drug-likeness (QED) is 0.506. The van der Waals surface area contributed by atoms with Gasteiger partial charge in [0, 0.05) is 44.4 Å². The van der Waals surface area contributed by atoms with E-state index in [-0.39, 0.29) is 0 Å². The van der Waals surface area contributed by atoms with Crippen molar-refractivity contribution in [1.29, 1.82) is 0 Å². The first-order valence-electron chi connectivity index (χ1n) is 6.41. The molecule has 8 heteroatoms. The number of nitrogens with one attached hydrogen (secondary N) is 1. The maximum absolute atomic E-state index is 13.8. The van der Waals surface area contributed by atoms with E-state index in [2.05, 4.69) is 15.0 Å². The SMILES string of the molecule is COC=O.O=[N+]([O-])c1cccc(CN2CCNCC2)c1F. The van der Waals surface area contributed by atoms with Crippen molar-refractivity contribution in [2.45, 2.75) is 6.54 Å². The number of nitro benzene ring substituents is 1. The van der Waals surface area contributed by atoms with Crippen LogP contribution in [-0.4, -0.2) is 49.6 Å². The van der Waals surface area contributed by atoms with E-state index in [1.165, 1.54) is 19.2 Å². The molecule has 0 spiro atoms. The van der Waals surface area contributed by atoms with Crippen molar-refractivity contribution in [3.05, 3.63) is 39.7 Å². The molecule has 7 nitrogen and oxygen atoms in total. The van der Waals surface area contributed by atoms with Crippen molar-refractivity contribution in [1.82, 2.24) is 10.2 Å². The summed E-state index contributed by atoms with van der Waals surface area (Å²) >= 11 is 0. The summed E-state index contributed by atoms with van der Waals surface area (Å²) in [5, 5.41) is 13.8. The van der Waals surface area contributed by atoms with Gasteiger partial charge in [0.2, 0.25) is 5.82 Å². The molecule has 0 unspecified atom stereocenters. The summed E-state index contributed by atoms with van der Waals surface area (Å²) in [4.78, 5) is 21.0. The second-order valence-electron chi connectivity index (χ2n) is 4.37. The first kappa shape index (κ1) is 17.0. The summed E-state index contributed by atoms with van der Waals surface area (Å²) in [6, 6.07) is 4.32. The molecular formula is C13H18FN3O4. The van der Waals surface area contributed by atoms with Gasteiger partial charge in [0.15, 0.2) is 0 Å². The van der Waals surface area contributed by atoms with Crippen LogP contribution in [0.4, 0.5) is 10.1 Å². The van der Waals surface area contributed by atoms with Crippen molar-refractivity contribution < 1.29 is 18.8 Å². The summed E-state index contributed by atoms with van der Waals surface area (Å²) in [6.07, 6.45) is 0. The molecular weight excluding hydrogens is 281 g/mol. The standard InChI is InChI=1S/C11H14FN3O2.C2H4O2/c12-11-9(2-1-3-10(11)15(16)17)8-14-6-4-13-5-7-14;1-4-2-3/h1-3,13H,4-8H2;2H,1H3. The second-order valence-corrected chi connectivity index (χ2v) is 4.37. The Morgan fingerprint density at radius 2 is 2.10 bits per heavy atom. The van der Waals surface area contributed by atoms with Gasteiger partial charge in [-0.3, -0.25) is 19.8 Å². The fraction of sp³-hybridized carbons (Fsp3) is 0.462. The number of benzene rings is 1. The number of halogens is 1. The van der Waals surface area contributed by atoms with Crippen molar-refractivity contribution in [3.63, 3.8) is 0 Å². The first-order chi connectivity index (χ1) is 10.1. The lowest BCUT2D eigenvalue weighted by Crippen LogP contribution is -2.43. The third-order valence-electron chi connectivity index (χ3n) is 2.95. The van der Waals surface area contributed by atoms with Crippen molar-refractivity contribution in [2.24, 2.45) is 0 Å². The summed E-state index contributed by atoms with van der Waals surface area (Å²) in [5.74, 6) is -0.712. The maximum atomic E-state index is 13.8. The Kier molecular flexibility index (Phi) is 7.27. The molecule has 1 N–H and O–H groups in total. The van der Waals surface area contributed by atoms with Crippen molar-refractivity contribution in [2.75, 3.05) is 33.3 Å². The van der Waals surface area contributed by atoms with E-state index >= 15 is 0 Å². The Hall–Kier alpha value is -2.06. The van der Waals surface area contributed by atoms with Gasteiger partial charge in [0.25, 0.3) is 6.47 Å². The zero-order valence-electron chi connectivity index (χ0n) is 11.8. The number of carbonyl (C=O) groups is 1. The van der Waals surface area contributed by atoms with Crippen molar-refractivity contribution >= 4 is 12.2 Å². The topological polar surface area (TPSA) is 84.7 Å². The number of hydrogen-bond donors (Lipinski definition) is 1. The third-order valence-corrected chi connectivity index (χ3v) is 2.95. The molecule has 0 bridgehead atoms. The Labute approximate surface area is 121 Å². The minimum Gasteiger partial charge on any atom is -0.471 e. The van der Waals surface area contributed by atoms with E-state index in [1.807, 2.05) is 0 Å². The molecule has 1 heterocycles. The monoisotopic (exact) mass is 299 g/mol. The lowest BCUT2D eigenvalue weighted by Gasteiger charge is -2.27. The van der Waals surface area contributed by atoms with Crippen LogP contribution in [0.3, 0.4) is 0 Å². The molecule has 0 amide bonds. The molecule has 21 heavy (non-hydrogen) atoms. The Balaban J connectivity index is 0.000000491. The van der Waals surface area contributed by atoms with Gasteiger partial charge in [-0.15, -0.1) is 0 Å². The van der Waals surface area contributed by atoms with Crippen LogP contribution in [0, 0.1) is 15.9 Å². The summed E-state index contributed by atoms with van der Waals surface area (Å²) in [5.41, 5.74) is -0.0567. The van der Waals surface area contributed by atoms with Gasteiger partial charge >= 0.3 is 5.69 Å². The Morgan fingerprint density at radius 3 is 2.62 bits per heavy atom. The first-order valence-corrected chi connectivity index (χ1v) is 6.41. The molecule has 0 aliphatic carbocycles. The molecule has 0 aromatic heterocycles. The molecule has 1 aromatic carbocycles. The number of hydrogen-bond acceptors (Lipinski definition) is 6. The van der Waals surface area contributed by atoms with Gasteiger partial charge in [-0.05, 0) is 0 Å². The number of carbonyl (C=O) groups excluding carboxylic acids is 1. The van der Waals surface area contributed by atoms with E-state index in [0.717, 1.165) is 26.2 Å². The lowest BCUT2D eigenvalue weighted by molar-refractivity contribution is -0.387. The van der Waals surface area contributed by atoms with Gasteiger partial charge in [-0.2, -0.15) is 4.39 Å². The van der Waals surface area contributed by atoms with E-state index in [9.17, 15) is 14.5 Å². The fourth-order valence-electron chi connectivity index (χ4n) is 1.94. The highest BCUT2D eigenvalue weighted by molar-refractivity contribution is 5.36. The van der Waals surface area contributed by atoms with Crippen molar-refractivity contribution in [3.8, 4) is 0 Å². The van der Waals surface area contributed by atoms with Crippen LogP contribution >= 0.6 is 0 Å². The van der Waals surface area contributed by atoms with Crippen LogP contribution in [0.1, 0.15) is 5.56 Å². The predicted octanol–water partition coefficient (Wildman–Crippen LogP) is 0.928. The Morgan fingerprint density at radius 1 is 1.48 bits per heavy atom. The predicted molar refractivity (Wildman–Crippen MR) is 74.3 cm³/mol. The number of ether oxygens (including phenoxy) is 1. The van der Waals surface area contributed by atoms with Crippen LogP contribution in [0.15, 0.2) is 18.2 Å². The third kappa shape index (κ3) is 5.44. The van der Waals surface area contributed by atoms with E-state index in [4.69, 9.17) is 4.79 Å². The number of nitro groups is 1. The summed E-state index contributed by atoms with van der Waals surface area (Å²) in [6.45, 7) is 4.21. The maximum Gasteiger partial charge on any atom is 0.305 e. The van der Waals surface area contributed by atoms with Gasteiger partial charge < -0.3 is 10.1 Å². The average Bonchev–Trinajstić information content (AvgIpc) is 2.50. The molecule has 116 valence electrons. The average molecular weight is 299 g/mol. The highest BCUT2D eigenvalue weighted by Crippen LogP contribution is 2.21. The highest BCUT2D eigenvalue weighted by Gasteiger charge is 2.19. The van der Waals surface area contributed by atoms with E-state index in [1.54, 1.807) is 6.07 Å². The Bertz CT molecular complexity index is 478. The summed E-state index contributed by atoms with van der Waals surface area (Å²) < 4.78 is 17.7. The normalized spacial score (nSPS) is 14.8. The zero-order chi connectivity index (χ0) is 15.7. The van der Waals surface area contributed by atoms with Crippen LogP contribution in [0.25, 0.3) is 0 Å². The largest absolute Gasteiger partial charge is 0.471 e. The second kappa shape index (κ2) is 8.98. The van der Waals surface area contributed by atoms with Crippen LogP contribution < -0.4 is 5.32 Å². The fourth-order valence-corrected chi connectivity index (χ4v) is 1.94. The van der Waals surface area contributed by atoms with Gasteiger partial charge in [0.1, 0.15) is 0 Å². The van der Waals surface area contributed by atoms with Gasteiger partial charge in [-0.25, -0.2) is 0 Å². The summed E-state index contributed by atoms with van der Waals surface area (Å²) in [7, 11) is 1.31. The van der Waals surface area contributed by atoms with E-state index in [0.29, 0.717) is 18.6 Å². The minimum absolute atomic E-state index is 0.375. The van der Waals surface area contributed by atoms with Gasteiger partial charge in [-0.1, -0.05) is 12.1 Å². The molecule has 0 saturated carbocycles. The van der Waals surface area contributed by atoms with Crippen LogP contribution in [-0.2, 0) is 16.1 Å². The molecule has 2 rings (SSSR count). The minimum atomic E-state index is -0.712. The molecule has 0 radical (unpaired) electrons. The number of nitrogens with zero attached hydrogens (tertiary/aromatic N) is 2. The molecule has 1 aliphatic heterocycles. The number of rotatable bonds is 4. The molecule has 0 atom stereocenters. The lowest BCUT2D eigenvalue weighted by atomic mass is 10.1. The zero-order valence-corrected chi connectivity index (χ0v) is 11.8. The molecule has 1 aliphatic rings. The number of methoxy groups -OCH3 is 1. The molecule has 1 fully saturated rings. The van der Waals surface area contributed by atoms with E-state index < -0.39 is 16.4 Å². The molecule has 1 saturated heterocycles. The van der Waals surface area contributed by atoms with Crippen LogP contribution in [0.5, 0.6) is 0 Å². The molecule has 1 aromatic rings.